The summed E-state index contributed by atoms with van der Waals surface area (Å²) in [5, 5.41) is 2.67. The zero-order valence-electron chi connectivity index (χ0n) is 9.53. The van der Waals surface area contributed by atoms with Gasteiger partial charge in [-0.3, -0.25) is 5.32 Å². The highest BCUT2D eigenvalue weighted by atomic mass is 16.5. The van der Waals surface area contributed by atoms with Gasteiger partial charge in [0.1, 0.15) is 6.61 Å². The Hall–Kier alpha value is -1.77. The molecule has 0 unspecified atom stereocenters. The number of nitrogens with one attached hydrogen (secondary N) is 1. The number of carbonyl (C=O) groups is 1. The van der Waals surface area contributed by atoms with Crippen LogP contribution in [0, 0.1) is 0 Å². The molecule has 0 radical (unpaired) electrons. The molecule has 0 aliphatic heterocycles. The summed E-state index contributed by atoms with van der Waals surface area (Å²) in [4.78, 5) is 11.3. The van der Waals surface area contributed by atoms with E-state index in [0.29, 0.717) is 0 Å². The lowest BCUT2D eigenvalue weighted by molar-refractivity contribution is 0.174. The van der Waals surface area contributed by atoms with Crippen molar-refractivity contribution in [1.29, 1.82) is 0 Å². The summed E-state index contributed by atoms with van der Waals surface area (Å²) in [7, 11) is 0. The summed E-state index contributed by atoms with van der Waals surface area (Å²) in [6.07, 6.45) is 3.18. The van der Waals surface area contributed by atoms with Crippen LogP contribution in [0.5, 0.6) is 0 Å². The second-order valence-electron chi connectivity index (χ2n) is 3.46. The molecule has 0 bridgehead atoms. The van der Waals surface area contributed by atoms with Crippen LogP contribution >= 0.6 is 0 Å². The van der Waals surface area contributed by atoms with Crippen molar-refractivity contribution in [3.05, 3.63) is 42.5 Å². The van der Waals surface area contributed by atoms with Gasteiger partial charge < -0.3 is 4.74 Å². The molecule has 0 aliphatic rings. The molecule has 0 atom stereocenters. The average molecular weight is 219 g/mol. The molecule has 1 N–H and O–H groups in total. The van der Waals surface area contributed by atoms with Gasteiger partial charge in [-0.05, 0) is 24.1 Å². The van der Waals surface area contributed by atoms with Crippen LogP contribution in [0.25, 0.3) is 0 Å². The van der Waals surface area contributed by atoms with Crippen molar-refractivity contribution in [3.8, 4) is 0 Å². The van der Waals surface area contributed by atoms with E-state index in [4.69, 9.17) is 4.74 Å². The Balaban J connectivity index is 2.55. The second kappa shape index (κ2) is 6.67. The lowest BCUT2D eigenvalue weighted by Crippen LogP contribution is -2.13. The lowest BCUT2D eigenvalue weighted by Gasteiger charge is -2.06. The van der Waals surface area contributed by atoms with Crippen molar-refractivity contribution in [1.82, 2.24) is 0 Å². The Morgan fingerprint density at radius 3 is 3.06 bits per heavy atom. The van der Waals surface area contributed by atoms with Gasteiger partial charge in [-0.15, -0.1) is 0 Å². The molecule has 0 aliphatic carbocycles. The summed E-state index contributed by atoms with van der Waals surface area (Å²) in [5.41, 5.74) is 1.98. The van der Waals surface area contributed by atoms with Crippen LogP contribution in [0.1, 0.15) is 18.9 Å². The monoisotopic (exact) mass is 219 g/mol. The van der Waals surface area contributed by atoms with Crippen LogP contribution < -0.4 is 5.32 Å². The fourth-order valence-electron chi connectivity index (χ4n) is 1.38. The number of hydrogen-bond donors (Lipinski definition) is 1. The first-order valence-corrected chi connectivity index (χ1v) is 5.40. The third-order valence-electron chi connectivity index (χ3n) is 2.04. The largest absolute Gasteiger partial charge is 0.445 e. The van der Waals surface area contributed by atoms with E-state index in [1.165, 1.54) is 11.6 Å². The normalized spacial score (nSPS) is 9.56. The lowest BCUT2D eigenvalue weighted by atomic mass is 10.1. The molecule has 0 saturated heterocycles. The number of ether oxygens (including phenoxy) is 1. The maximum Gasteiger partial charge on any atom is 0.411 e. The van der Waals surface area contributed by atoms with Gasteiger partial charge in [0, 0.05) is 5.69 Å². The van der Waals surface area contributed by atoms with E-state index in [1.807, 2.05) is 24.3 Å². The molecule has 1 amide bonds. The molecule has 3 nitrogen and oxygen atoms in total. The van der Waals surface area contributed by atoms with Gasteiger partial charge in [-0.1, -0.05) is 38.1 Å². The number of benzene rings is 1. The van der Waals surface area contributed by atoms with Crippen molar-refractivity contribution in [2.45, 2.75) is 19.8 Å². The van der Waals surface area contributed by atoms with E-state index in [2.05, 4.69) is 18.8 Å². The summed E-state index contributed by atoms with van der Waals surface area (Å²) in [6.45, 7) is 5.82. The summed E-state index contributed by atoms with van der Waals surface area (Å²) in [6, 6.07) is 7.77. The molecular formula is C13H17NO2. The van der Waals surface area contributed by atoms with E-state index in [0.717, 1.165) is 18.5 Å². The second-order valence-corrected chi connectivity index (χ2v) is 3.46. The van der Waals surface area contributed by atoms with E-state index in [1.54, 1.807) is 0 Å². The number of anilines is 1. The molecule has 3 heteroatoms. The van der Waals surface area contributed by atoms with Crippen molar-refractivity contribution >= 4 is 11.8 Å². The third kappa shape index (κ3) is 4.17. The minimum absolute atomic E-state index is 0.223. The molecule has 1 aromatic rings. The molecule has 16 heavy (non-hydrogen) atoms. The maximum atomic E-state index is 11.3. The van der Waals surface area contributed by atoms with Crippen molar-refractivity contribution in [3.63, 3.8) is 0 Å². The quantitative estimate of drug-likeness (QED) is 0.771. The van der Waals surface area contributed by atoms with Crippen LogP contribution in [0.15, 0.2) is 36.9 Å². The zero-order chi connectivity index (χ0) is 11.8. The standard InChI is InChI=1S/C13H17NO2/c1-3-6-11-7-5-8-12(10-11)14-13(15)16-9-4-2/h4-5,7-8,10H,2-3,6,9H2,1H3,(H,14,15). The van der Waals surface area contributed by atoms with Crippen LogP contribution in [0.3, 0.4) is 0 Å². The average Bonchev–Trinajstić information content (AvgIpc) is 2.27. The Morgan fingerprint density at radius 1 is 1.56 bits per heavy atom. The molecule has 0 fully saturated rings. The Bertz CT molecular complexity index is 361. The van der Waals surface area contributed by atoms with Crippen molar-refractivity contribution in [2.75, 3.05) is 11.9 Å². The van der Waals surface area contributed by atoms with Crippen molar-refractivity contribution < 1.29 is 9.53 Å². The first-order chi connectivity index (χ1) is 7.76. The van der Waals surface area contributed by atoms with Gasteiger partial charge in [0.2, 0.25) is 0 Å². The highest BCUT2D eigenvalue weighted by Crippen LogP contribution is 2.12. The minimum Gasteiger partial charge on any atom is -0.445 e. The van der Waals surface area contributed by atoms with Gasteiger partial charge in [0.15, 0.2) is 0 Å². The molecule has 1 aromatic carbocycles. The Labute approximate surface area is 96.1 Å². The SMILES string of the molecule is C=CCOC(=O)Nc1cccc(CCC)c1. The number of aryl methyl sites for hydroxylation is 1. The van der Waals surface area contributed by atoms with E-state index in [9.17, 15) is 4.79 Å². The van der Waals surface area contributed by atoms with Crippen LogP contribution in [0.2, 0.25) is 0 Å². The fourth-order valence-corrected chi connectivity index (χ4v) is 1.38. The molecule has 86 valence electrons. The number of hydrogen-bond acceptors (Lipinski definition) is 2. The van der Waals surface area contributed by atoms with E-state index < -0.39 is 6.09 Å². The van der Waals surface area contributed by atoms with E-state index in [-0.39, 0.29) is 6.61 Å². The van der Waals surface area contributed by atoms with Crippen LogP contribution in [-0.2, 0) is 11.2 Å². The minimum atomic E-state index is -0.450. The highest BCUT2D eigenvalue weighted by Gasteiger charge is 2.02. The van der Waals surface area contributed by atoms with Crippen LogP contribution in [0.4, 0.5) is 10.5 Å². The maximum absolute atomic E-state index is 11.3. The number of carbonyl (C=O) groups excluding carboxylic acids is 1. The summed E-state index contributed by atoms with van der Waals surface area (Å²) >= 11 is 0. The van der Waals surface area contributed by atoms with Crippen LogP contribution in [-0.4, -0.2) is 12.7 Å². The number of amides is 1. The van der Waals surface area contributed by atoms with Gasteiger partial charge in [-0.25, -0.2) is 4.79 Å². The first kappa shape index (κ1) is 12.3. The Morgan fingerprint density at radius 2 is 2.38 bits per heavy atom. The number of rotatable bonds is 5. The van der Waals surface area contributed by atoms with Gasteiger partial charge >= 0.3 is 6.09 Å². The molecule has 0 saturated carbocycles. The molecule has 1 rings (SSSR count). The highest BCUT2D eigenvalue weighted by molar-refractivity contribution is 5.84. The molecule has 0 spiro atoms. The van der Waals surface area contributed by atoms with Gasteiger partial charge in [-0.2, -0.15) is 0 Å². The van der Waals surface area contributed by atoms with Gasteiger partial charge in [0.25, 0.3) is 0 Å². The predicted molar refractivity (Wildman–Crippen MR) is 65.6 cm³/mol. The third-order valence-corrected chi connectivity index (χ3v) is 2.04. The van der Waals surface area contributed by atoms with E-state index >= 15 is 0 Å². The summed E-state index contributed by atoms with van der Waals surface area (Å²) in [5.74, 6) is 0. The topological polar surface area (TPSA) is 38.3 Å². The smallest absolute Gasteiger partial charge is 0.411 e. The zero-order valence-corrected chi connectivity index (χ0v) is 9.53. The molecule has 0 heterocycles. The Kier molecular flexibility index (Phi) is 5.12. The fraction of sp³-hybridized carbons (Fsp3) is 0.308. The first-order valence-electron chi connectivity index (χ1n) is 5.40. The molecular weight excluding hydrogens is 202 g/mol. The molecule has 0 aromatic heterocycles. The van der Waals surface area contributed by atoms with Gasteiger partial charge in [0.05, 0.1) is 0 Å². The van der Waals surface area contributed by atoms with Crippen molar-refractivity contribution in [2.24, 2.45) is 0 Å². The summed E-state index contributed by atoms with van der Waals surface area (Å²) < 4.78 is 4.83. The predicted octanol–water partition coefficient (Wildman–Crippen LogP) is 3.37.